The highest BCUT2D eigenvalue weighted by molar-refractivity contribution is 6.60. The standard InChI is InChI=1S/C26H55O3Si/c1-7-8-9-10-11-12-13-14-15-16-17-18-19-20-21-22-23-25(2)26(3)24-30(27-4,28-5)29-6/h26H,7-24H2,1-6H3. The van der Waals surface area contributed by atoms with Gasteiger partial charge in [0.15, 0.2) is 0 Å². The highest BCUT2D eigenvalue weighted by atomic mass is 28.4. The number of hydrogen-bond donors (Lipinski definition) is 0. The monoisotopic (exact) mass is 443 g/mol. The first kappa shape index (κ1) is 30.1. The van der Waals surface area contributed by atoms with E-state index in [1.165, 1.54) is 109 Å². The van der Waals surface area contributed by atoms with Crippen LogP contribution in [-0.4, -0.2) is 30.1 Å². The van der Waals surface area contributed by atoms with E-state index in [2.05, 4.69) is 20.8 Å². The Balaban J connectivity index is 3.46. The van der Waals surface area contributed by atoms with Crippen LogP contribution in [0.4, 0.5) is 0 Å². The fourth-order valence-corrected chi connectivity index (χ4v) is 6.35. The van der Waals surface area contributed by atoms with Crippen LogP contribution < -0.4 is 0 Å². The van der Waals surface area contributed by atoms with Crippen LogP contribution in [0.5, 0.6) is 0 Å². The van der Waals surface area contributed by atoms with Gasteiger partial charge in [-0.25, -0.2) is 0 Å². The Morgan fingerprint density at radius 1 is 0.600 bits per heavy atom. The molecule has 4 heteroatoms. The van der Waals surface area contributed by atoms with Crippen LogP contribution in [0.2, 0.25) is 6.04 Å². The first-order valence-corrected chi connectivity index (χ1v) is 15.0. The Hall–Kier alpha value is 0.0969. The molecule has 0 spiro atoms. The minimum Gasteiger partial charge on any atom is -0.377 e. The lowest BCUT2D eigenvalue weighted by atomic mass is 9.92. The third kappa shape index (κ3) is 15.8. The van der Waals surface area contributed by atoms with E-state index in [0.29, 0.717) is 5.92 Å². The summed E-state index contributed by atoms with van der Waals surface area (Å²) in [7, 11) is 2.66. The van der Waals surface area contributed by atoms with Gasteiger partial charge in [0.1, 0.15) is 0 Å². The van der Waals surface area contributed by atoms with Crippen molar-refractivity contribution in [2.75, 3.05) is 21.3 Å². The molecule has 0 aromatic heterocycles. The summed E-state index contributed by atoms with van der Waals surface area (Å²) in [5.74, 6) is 2.05. The first-order chi connectivity index (χ1) is 14.5. The molecule has 0 saturated carbocycles. The molecule has 0 heterocycles. The summed E-state index contributed by atoms with van der Waals surface area (Å²) in [6.07, 6.45) is 24.0. The lowest BCUT2D eigenvalue weighted by Crippen LogP contribution is -2.44. The van der Waals surface area contributed by atoms with Gasteiger partial charge in [0.05, 0.1) is 0 Å². The second kappa shape index (κ2) is 21.0. The van der Waals surface area contributed by atoms with Crippen molar-refractivity contribution in [2.24, 2.45) is 5.92 Å². The molecule has 181 valence electrons. The zero-order valence-electron chi connectivity index (χ0n) is 21.5. The molecule has 1 radical (unpaired) electrons. The lowest BCUT2D eigenvalue weighted by molar-refractivity contribution is 0.119. The maximum atomic E-state index is 5.57. The molecule has 0 aromatic rings. The van der Waals surface area contributed by atoms with Crippen LogP contribution in [0.15, 0.2) is 0 Å². The van der Waals surface area contributed by atoms with Crippen LogP contribution in [-0.2, 0) is 13.3 Å². The van der Waals surface area contributed by atoms with E-state index in [4.69, 9.17) is 13.3 Å². The molecule has 0 aliphatic rings. The van der Waals surface area contributed by atoms with Crippen molar-refractivity contribution in [3.8, 4) is 0 Å². The van der Waals surface area contributed by atoms with Crippen LogP contribution in [0.1, 0.15) is 130 Å². The maximum absolute atomic E-state index is 5.57. The SMILES string of the molecule is CCCCCCCCCCCCCCCCCC[C](C)C(C)C[Si](OC)(OC)OC. The van der Waals surface area contributed by atoms with Crippen molar-refractivity contribution in [1.29, 1.82) is 0 Å². The second-order valence-corrected chi connectivity index (χ2v) is 12.3. The Labute approximate surface area is 191 Å². The number of rotatable bonds is 23. The predicted octanol–water partition coefficient (Wildman–Crippen LogP) is 8.75. The van der Waals surface area contributed by atoms with Gasteiger partial charge in [-0.15, -0.1) is 0 Å². The van der Waals surface area contributed by atoms with E-state index in [0.717, 1.165) is 6.04 Å². The molecule has 0 rings (SSSR count). The van der Waals surface area contributed by atoms with Crippen LogP contribution >= 0.6 is 0 Å². The molecular formula is C26H55O3Si. The largest absolute Gasteiger partial charge is 0.500 e. The van der Waals surface area contributed by atoms with E-state index in [1.807, 2.05) is 0 Å². The zero-order valence-corrected chi connectivity index (χ0v) is 22.5. The molecular weight excluding hydrogens is 388 g/mol. The summed E-state index contributed by atoms with van der Waals surface area (Å²) in [4.78, 5) is 0. The molecule has 1 atom stereocenters. The summed E-state index contributed by atoms with van der Waals surface area (Å²) in [6, 6.07) is 0.876. The molecule has 0 aliphatic heterocycles. The predicted molar refractivity (Wildman–Crippen MR) is 134 cm³/mol. The number of hydrogen-bond acceptors (Lipinski definition) is 3. The molecule has 0 fully saturated rings. The van der Waals surface area contributed by atoms with Gasteiger partial charge in [0, 0.05) is 27.4 Å². The minimum absolute atomic E-state index is 0.493. The van der Waals surface area contributed by atoms with Crippen molar-refractivity contribution in [1.82, 2.24) is 0 Å². The summed E-state index contributed by atoms with van der Waals surface area (Å²) >= 11 is 0. The molecule has 30 heavy (non-hydrogen) atoms. The van der Waals surface area contributed by atoms with Gasteiger partial charge in [-0.05, 0) is 18.3 Å². The number of unbranched alkanes of at least 4 members (excludes halogenated alkanes) is 15. The zero-order chi connectivity index (χ0) is 22.5. The molecule has 0 bridgehead atoms. The van der Waals surface area contributed by atoms with E-state index in [-0.39, 0.29) is 0 Å². The van der Waals surface area contributed by atoms with Gasteiger partial charge in [0.25, 0.3) is 0 Å². The molecule has 0 aliphatic carbocycles. The quantitative estimate of drug-likeness (QED) is 0.117. The van der Waals surface area contributed by atoms with E-state index >= 15 is 0 Å². The summed E-state index contributed by atoms with van der Waals surface area (Å²) in [5, 5.41) is 0. The average Bonchev–Trinajstić information content (AvgIpc) is 2.77. The lowest BCUT2D eigenvalue weighted by Gasteiger charge is -2.29. The highest BCUT2D eigenvalue weighted by Gasteiger charge is 2.40. The Kier molecular flexibility index (Phi) is 21.0. The van der Waals surface area contributed by atoms with Crippen LogP contribution in [0.25, 0.3) is 0 Å². The molecule has 0 amide bonds. The van der Waals surface area contributed by atoms with Gasteiger partial charge < -0.3 is 13.3 Å². The van der Waals surface area contributed by atoms with E-state index < -0.39 is 8.80 Å². The van der Waals surface area contributed by atoms with E-state index in [1.54, 1.807) is 27.2 Å². The van der Waals surface area contributed by atoms with Crippen LogP contribution in [0, 0.1) is 11.8 Å². The van der Waals surface area contributed by atoms with Gasteiger partial charge in [-0.3, -0.25) is 0 Å². The summed E-state index contributed by atoms with van der Waals surface area (Å²) < 4.78 is 16.7. The maximum Gasteiger partial charge on any atom is 0.500 e. The van der Waals surface area contributed by atoms with Crippen molar-refractivity contribution in [3.63, 3.8) is 0 Å². The minimum atomic E-state index is -2.46. The molecule has 3 nitrogen and oxygen atoms in total. The molecule has 0 N–H and O–H groups in total. The average molecular weight is 444 g/mol. The normalized spacial score (nSPS) is 13.3. The first-order valence-electron chi connectivity index (χ1n) is 13.0. The van der Waals surface area contributed by atoms with Gasteiger partial charge in [0.2, 0.25) is 0 Å². The molecule has 0 aromatic carbocycles. The summed E-state index contributed by atoms with van der Waals surface area (Å²) in [6.45, 7) is 6.86. The van der Waals surface area contributed by atoms with E-state index in [9.17, 15) is 0 Å². The van der Waals surface area contributed by atoms with Gasteiger partial charge in [-0.2, -0.15) is 0 Å². The van der Waals surface area contributed by atoms with Crippen LogP contribution in [0.3, 0.4) is 0 Å². The topological polar surface area (TPSA) is 27.7 Å². The Morgan fingerprint density at radius 3 is 1.27 bits per heavy atom. The van der Waals surface area contributed by atoms with Gasteiger partial charge in [-0.1, -0.05) is 124 Å². The van der Waals surface area contributed by atoms with Gasteiger partial charge >= 0.3 is 8.80 Å². The van der Waals surface area contributed by atoms with Crippen molar-refractivity contribution in [3.05, 3.63) is 5.92 Å². The molecule has 0 saturated heterocycles. The van der Waals surface area contributed by atoms with Crippen molar-refractivity contribution >= 4 is 8.80 Å². The van der Waals surface area contributed by atoms with Crippen molar-refractivity contribution < 1.29 is 13.3 Å². The second-order valence-electron chi connectivity index (χ2n) is 9.30. The third-order valence-electron chi connectivity index (χ3n) is 6.76. The Morgan fingerprint density at radius 2 is 0.933 bits per heavy atom. The fraction of sp³-hybridized carbons (Fsp3) is 0.962. The fourth-order valence-electron chi connectivity index (χ4n) is 4.25. The highest BCUT2D eigenvalue weighted by Crippen LogP contribution is 2.29. The summed E-state index contributed by atoms with van der Waals surface area (Å²) in [5.41, 5.74) is 0. The smallest absolute Gasteiger partial charge is 0.377 e. The molecule has 1 unspecified atom stereocenters. The third-order valence-corrected chi connectivity index (χ3v) is 9.73. The van der Waals surface area contributed by atoms with Crippen molar-refractivity contribution in [2.45, 2.75) is 136 Å². The Bertz CT molecular complexity index is 339.